The number of hydrogen-bond acceptors (Lipinski definition) is 7. The number of hydrogen-bond donors (Lipinski definition) is 4. The van der Waals surface area contributed by atoms with Crippen LogP contribution in [0, 0.1) is 6.92 Å². The zero-order chi connectivity index (χ0) is 19.8. The van der Waals surface area contributed by atoms with E-state index in [2.05, 4.69) is 31.2 Å². The first-order valence-electron chi connectivity index (χ1n) is 8.71. The standard InChI is InChI=1S/C19H22N6O2S/c1-13-12-16(23-14-5-7-15(27-2)8-6-14)24-18(22-13)20-9-10-21-19(26)25-17-4-3-11-28-17/h3-8,11-12H,9-10H2,1-2H3,(H2,21,25,26)(H2,20,22,23,24). The van der Waals surface area contributed by atoms with E-state index in [1.54, 1.807) is 7.11 Å². The van der Waals surface area contributed by atoms with Gasteiger partial charge in [-0.2, -0.15) is 4.98 Å². The molecule has 3 aromatic rings. The second-order valence-electron chi connectivity index (χ2n) is 5.86. The highest BCUT2D eigenvalue weighted by molar-refractivity contribution is 7.14. The number of aryl methyl sites for hydroxylation is 1. The number of methoxy groups -OCH3 is 1. The van der Waals surface area contributed by atoms with Gasteiger partial charge in [0.15, 0.2) is 0 Å². The zero-order valence-corrected chi connectivity index (χ0v) is 16.5. The third-order valence-corrected chi connectivity index (χ3v) is 4.45. The molecule has 28 heavy (non-hydrogen) atoms. The van der Waals surface area contributed by atoms with Crippen molar-refractivity contribution in [3.8, 4) is 5.75 Å². The predicted octanol–water partition coefficient (Wildman–Crippen LogP) is 3.83. The largest absolute Gasteiger partial charge is 0.497 e. The second kappa shape index (κ2) is 9.56. The summed E-state index contributed by atoms with van der Waals surface area (Å²) in [4.78, 5) is 20.6. The van der Waals surface area contributed by atoms with Crippen LogP contribution in [-0.4, -0.2) is 36.2 Å². The number of anilines is 4. The summed E-state index contributed by atoms with van der Waals surface area (Å²) in [6.07, 6.45) is 0. The number of nitrogens with one attached hydrogen (secondary N) is 4. The van der Waals surface area contributed by atoms with E-state index in [0.717, 1.165) is 22.1 Å². The van der Waals surface area contributed by atoms with Gasteiger partial charge in [-0.25, -0.2) is 9.78 Å². The number of amides is 2. The average Bonchev–Trinajstić information content (AvgIpc) is 3.18. The lowest BCUT2D eigenvalue weighted by atomic mass is 10.3. The van der Waals surface area contributed by atoms with Crippen molar-refractivity contribution in [3.05, 3.63) is 53.5 Å². The van der Waals surface area contributed by atoms with Crippen LogP contribution in [0.15, 0.2) is 47.8 Å². The summed E-state index contributed by atoms with van der Waals surface area (Å²) in [6.45, 7) is 2.85. The number of nitrogens with zero attached hydrogens (tertiary/aromatic N) is 2. The highest BCUT2D eigenvalue weighted by atomic mass is 32.1. The van der Waals surface area contributed by atoms with Gasteiger partial charge in [0.2, 0.25) is 5.95 Å². The molecule has 0 aliphatic rings. The molecule has 0 aliphatic carbocycles. The summed E-state index contributed by atoms with van der Waals surface area (Å²) in [5, 5.41) is 14.6. The average molecular weight is 398 g/mol. The van der Waals surface area contributed by atoms with Crippen molar-refractivity contribution < 1.29 is 9.53 Å². The highest BCUT2D eigenvalue weighted by Crippen LogP contribution is 2.20. The molecule has 0 bridgehead atoms. The SMILES string of the molecule is COc1ccc(Nc2cc(C)nc(NCCNC(=O)Nc3cccs3)n2)cc1. The minimum Gasteiger partial charge on any atom is -0.497 e. The van der Waals surface area contributed by atoms with E-state index in [0.29, 0.717) is 24.9 Å². The van der Waals surface area contributed by atoms with Gasteiger partial charge in [-0.1, -0.05) is 0 Å². The number of carbonyl (C=O) groups excluding carboxylic acids is 1. The van der Waals surface area contributed by atoms with E-state index in [-0.39, 0.29) is 6.03 Å². The zero-order valence-electron chi connectivity index (χ0n) is 15.7. The van der Waals surface area contributed by atoms with E-state index >= 15 is 0 Å². The van der Waals surface area contributed by atoms with Crippen LogP contribution < -0.4 is 26.0 Å². The number of urea groups is 1. The predicted molar refractivity (Wildman–Crippen MR) is 113 cm³/mol. The van der Waals surface area contributed by atoms with E-state index in [4.69, 9.17) is 4.74 Å². The fourth-order valence-corrected chi connectivity index (χ4v) is 3.00. The number of aromatic nitrogens is 2. The molecule has 146 valence electrons. The summed E-state index contributed by atoms with van der Waals surface area (Å²) >= 11 is 1.47. The molecular weight excluding hydrogens is 376 g/mol. The molecule has 2 heterocycles. The van der Waals surface area contributed by atoms with E-state index in [1.807, 2.05) is 54.8 Å². The molecule has 2 amide bonds. The summed E-state index contributed by atoms with van der Waals surface area (Å²) in [5.74, 6) is 1.97. The van der Waals surface area contributed by atoms with Crippen LogP contribution in [0.1, 0.15) is 5.69 Å². The first-order valence-corrected chi connectivity index (χ1v) is 9.59. The normalized spacial score (nSPS) is 10.2. The first-order chi connectivity index (χ1) is 13.6. The van der Waals surface area contributed by atoms with Crippen LogP contribution in [0.2, 0.25) is 0 Å². The maximum Gasteiger partial charge on any atom is 0.319 e. The molecule has 2 aromatic heterocycles. The maximum atomic E-state index is 11.8. The van der Waals surface area contributed by atoms with Crippen molar-refractivity contribution in [3.63, 3.8) is 0 Å². The van der Waals surface area contributed by atoms with Crippen molar-refractivity contribution in [2.24, 2.45) is 0 Å². The summed E-state index contributed by atoms with van der Waals surface area (Å²) < 4.78 is 5.16. The lowest BCUT2D eigenvalue weighted by Gasteiger charge is -2.11. The molecular formula is C19H22N6O2S. The number of carbonyl (C=O) groups is 1. The van der Waals surface area contributed by atoms with Gasteiger partial charge >= 0.3 is 6.03 Å². The Hall–Kier alpha value is -3.33. The van der Waals surface area contributed by atoms with Crippen molar-refractivity contribution >= 4 is 39.8 Å². The number of benzene rings is 1. The number of rotatable bonds is 8. The van der Waals surface area contributed by atoms with Gasteiger partial charge in [-0.05, 0) is 48.7 Å². The summed E-state index contributed by atoms with van der Waals surface area (Å²) in [6, 6.07) is 12.9. The number of ether oxygens (including phenoxy) is 1. The lowest BCUT2D eigenvalue weighted by molar-refractivity contribution is 0.252. The molecule has 8 nitrogen and oxygen atoms in total. The molecule has 0 atom stereocenters. The van der Waals surface area contributed by atoms with E-state index in [9.17, 15) is 4.79 Å². The summed E-state index contributed by atoms with van der Waals surface area (Å²) in [5.41, 5.74) is 1.73. The molecule has 0 fully saturated rings. The van der Waals surface area contributed by atoms with Gasteiger partial charge in [0.05, 0.1) is 12.1 Å². The smallest absolute Gasteiger partial charge is 0.319 e. The van der Waals surface area contributed by atoms with Gasteiger partial charge in [0.25, 0.3) is 0 Å². The fraction of sp³-hybridized carbons (Fsp3) is 0.211. The van der Waals surface area contributed by atoms with Crippen LogP contribution >= 0.6 is 11.3 Å². The Labute approximate surface area is 167 Å². The molecule has 0 saturated carbocycles. The third-order valence-electron chi connectivity index (χ3n) is 3.67. The maximum absolute atomic E-state index is 11.8. The summed E-state index contributed by atoms with van der Waals surface area (Å²) in [7, 11) is 1.63. The van der Waals surface area contributed by atoms with Gasteiger partial charge in [0, 0.05) is 30.5 Å². The van der Waals surface area contributed by atoms with Crippen LogP contribution in [0.4, 0.5) is 27.2 Å². The minimum absolute atomic E-state index is 0.240. The topological polar surface area (TPSA) is 100 Å². The van der Waals surface area contributed by atoms with Crippen LogP contribution in [0.3, 0.4) is 0 Å². The van der Waals surface area contributed by atoms with Crippen molar-refractivity contribution in [1.29, 1.82) is 0 Å². The van der Waals surface area contributed by atoms with Crippen molar-refractivity contribution in [1.82, 2.24) is 15.3 Å². The highest BCUT2D eigenvalue weighted by Gasteiger charge is 2.04. The lowest BCUT2D eigenvalue weighted by Crippen LogP contribution is -2.32. The molecule has 0 spiro atoms. The fourth-order valence-electron chi connectivity index (χ4n) is 2.39. The Morgan fingerprint density at radius 1 is 1.14 bits per heavy atom. The van der Waals surface area contributed by atoms with Crippen LogP contribution in [0.25, 0.3) is 0 Å². The minimum atomic E-state index is -0.240. The Bertz CT molecular complexity index is 899. The monoisotopic (exact) mass is 398 g/mol. The van der Waals surface area contributed by atoms with Gasteiger partial charge in [-0.15, -0.1) is 11.3 Å². The van der Waals surface area contributed by atoms with Crippen molar-refractivity contribution in [2.45, 2.75) is 6.92 Å². The second-order valence-corrected chi connectivity index (χ2v) is 6.80. The van der Waals surface area contributed by atoms with Crippen LogP contribution in [0.5, 0.6) is 5.75 Å². The first kappa shape index (κ1) is 19.4. The molecule has 3 rings (SSSR count). The number of thiophene rings is 1. The Morgan fingerprint density at radius 3 is 2.68 bits per heavy atom. The molecule has 9 heteroatoms. The van der Waals surface area contributed by atoms with Gasteiger partial charge in [0.1, 0.15) is 11.6 Å². The van der Waals surface area contributed by atoms with Crippen LogP contribution in [-0.2, 0) is 0 Å². The van der Waals surface area contributed by atoms with E-state index < -0.39 is 0 Å². The molecule has 0 radical (unpaired) electrons. The molecule has 0 aliphatic heterocycles. The molecule has 1 aromatic carbocycles. The molecule has 4 N–H and O–H groups in total. The molecule has 0 saturated heterocycles. The Balaban J connectivity index is 1.49. The van der Waals surface area contributed by atoms with Gasteiger partial charge in [-0.3, -0.25) is 5.32 Å². The van der Waals surface area contributed by atoms with Crippen molar-refractivity contribution in [2.75, 3.05) is 36.1 Å². The Kier molecular flexibility index (Phi) is 6.64. The quantitative estimate of drug-likeness (QED) is 0.430. The third kappa shape index (κ3) is 5.85. The van der Waals surface area contributed by atoms with Gasteiger partial charge < -0.3 is 20.7 Å². The Morgan fingerprint density at radius 2 is 1.96 bits per heavy atom. The van der Waals surface area contributed by atoms with E-state index in [1.165, 1.54) is 11.3 Å². The molecule has 0 unspecified atom stereocenters.